The predicted molar refractivity (Wildman–Crippen MR) is 134 cm³/mol. The molecule has 1 N–H and O–H groups in total. The topological polar surface area (TPSA) is 97.6 Å². The molecule has 2 aromatic heterocycles. The normalized spacial score (nSPS) is 17.9. The summed E-state index contributed by atoms with van der Waals surface area (Å²) in [6.45, 7) is 2.66. The number of hydrogen-bond acceptors (Lipinski definition) is 6. The molecule has 0 saturated carbocycles. The molecule has 11 heteroatoms. The van der Waals surface area contributed by atoms with Gasteiger partial charge < -0.3 is 19.3 Å². The van der Waals surface area contributed by atoms with E-state index >= 15 is 8.78 Å². The number of amides is 1. The van der Waals surface area contributed by atoms with Crippen molar-refractivity contribution >= 4 is 45.4 Å². The summed E-state index contributed by atoms with van der Waals surface area (Å²) in [6.07, 6.45) is 0.417. The van der Waals surface area contributed by atoms with E-state index in [2.05, 4.69) is 9.97 Å². The lowest BCUT2D eigenvalue weighted by molar-refractivity contribution is -0.151. The summed E-state index contributed by atoms with van der Waals surface area (Å²) in [5, 5.41) is 10.4. The molecule has 37 heavy (non-hydrogen) atoms. The molecule has 2 atom stereocenters. The molecule has 1 aliphatic rings. The summed E-state index contributed by atoms with van der Waals surface area (Å²) in [6, 6.07) is 6.56. The van der Waals surface area contributed by atoms with Gasteiger partial charge in [-0.05, 0) is 37.6 Å². The van der Waals surface area contributed by atoms with Crippen molar-refractivity contribution in [3.8, 4) is 16.9 Å². The monoisotopic (exact) mass is 528 g/mol. The molecule has 1 saturated heterocycles. The van der Waals surface area contributed by atoms with E-state index in [0.717, 1.165) is 0 Å². The largest absolute Gasteiger partial charge is 0.508 e. The number of alkyl halides is 1. The van der Waals surface area contributed by atoms with Crippen molar-refractivity contribution in [3.05, 3.63) is 53.2 Å². The number of aromatic nitrogens is 3. The van der Waals surface area contributed by atoms with Crippen molar-refractivity contribution in [1.29, 1.82) is 0 Å². The Morgan fingerprint density at radius 3 is 2.70 bits per heavy atom. The van der Waals surface area contributed by atoms with Crippen LogP contribution in [0.1, 0.15) is 25.2 Å². The van der Waals surface area contributed by atoms with Gasteiger partial charge in [-0.15, -0.1) is 0 Å². The second-order valence-electron chi connectivity index (χ2n) is 9.03. The van der Waals surface area contributed by atoms with Crippen molar-refractivity contribution in [2.75, 3.05) is 19.7 Å². The molecular weight excluding hydrogens is 506 g/mol. The van der Waals surface area contributed by atoms with E-state index < -0.39 is 36.5 Å². The van der Waals surface area contributed by atoms with E-state index in [1.807, 2.05) is 0 Å². The molecule has 1 fully saturated rings. The lowest BCUT2D eigenvalue weighted by atomic mass is 10.00. The highest BCUT2D eigenvalue weighted by molar-refractivity contribution is 6.33. The third kappa shape index (κ3) is 4.57. The van der Waals surface area contributed by atoms with Gasteiger partial charge in [0.1, 0.15) is 29.1 Å². The molecule has 3 heterocycles. The number of imidazole rings is 1. The van der Waals surface area contributed by atoms with Crippen molar-refractivity contribution < 1.29 is 28.2 Å². The molecule has 5 rings (SSSR count). The molecule has 1 aliphatic heterocycles. The van der Waals surface area contributed by atoms with Crippen LogP contribution in [-0.4, -0.2) is 62.3 Å². The average Bonchev–Trinajstić information content (AvgIpc) is 3.18. The van der Waals surface area contributed by atoms with Crippen molar-refractivity contribution in [3.63, 3.8) is 0 Å². The van der Waals surface area contributed by atoms with Gasteiger partial charge >= 0.3 is 5.97 Å². The summed E-state index contributed by atoms with van der Waals surface area (Å²) in [7, 11) is 0. The Kier molecular flexibility index (Phi) is 6.45. The van der Waals surface area contributed by atoms with E-state index in [1.165, 1.54) is 42.3 Å². The summed E-state index contributed by atoms with van der Waals surface area (Å²) < 4.78 is 37.2. The van der Waals surface area contributed by atoms with E-state index in [-0.39, 0.29) is 29.4 Å². The number of pyridine rings is 1. The molecule has 192 valence electrons. The second-order valence-corrected chi connectivity index (χ2v) is 9.43. The summed E-state index contributed by atoms with van der Waals surface area (Å²) >= 11 is 6.29. The third-order valence-corrected chi connectivity index (χ3v) is 6.93. The number of carbonyl (C=O) groups is 2. The second kappa shape index (κ2) is 9.59. The summed E-state index contributed by atoms with van der Waals surface area (Å²) in [5.41, 5.74) is 2.10. The Bertz CT molecular complexity index is 1560. The number of phenolic OH excluding ortho intramolecular Hbond substituents is 1. The number of halogens is 3. The number of carbonyl (C=O) groups excluding carboxylic acids is 2. The number of likely N-dealkylation sites (tertiary alicyclic amines) is 1. The number of aromatic hydroxyl groups is 1. The van der Waals surface area contributed by atoms with Gasteiger partial charge in [0, 0.05) is 36.0 Å². The SMILES string of the molecule is CC(=O)OCC(=O)N1CCC(n2c(C)nc3cnc4cc(F)c(-c5ccc(O)cc5Cl)cc4c32)C(F)C1. The Labute approximate surface area is 215 Å². The van der Waals surface area contributed by atoms with Crippen LogP contribution in [0.15, 0.2) is 36.5 Å². The number of phenols is 1. The van der Waals surface area contributed by atoms with Crippen LogP contribution >= 0.6 is 11.6 Å². The molecule has 2 aromatic carbocycles. The molecule has 4 aromatic rings. The number of esters is 1. The Hall–Kier alpha value is -3.79. The van der Waals surface area contributed by atoms with Crippen LogP contribution in [-0.2, 0) is 14.3 Å². The molecule has 0 spiro atoms. The van der Waals surface area contributed by atoms with Crippen LogP contribution < -0.4 is 0 Å². The van der Waals surface area contributed by atoms with Gasteiger partial charge in [0.25, 0.3) is 5.91 Å². The smallest absolute Gasteiger partial charge is 0.303 e. The highest BCUT2D eigenvalue weighted by atomic mass is 35.5. The number of benzene rings is 2. The summed E-state index contributed by atoms with van der Waals surface area (Å²) in [4.78, 5) is 33.6. The maximum absolute atomic E-state index is 15.6. The van der Waals surface area contributed by atoms with Crippen molar-refractivity contribution in [2.24, 2.45) is 0 Å². The van der Waals surface area contributed by atoms with E-state index in [1.54, 1.807) is 17.6 Å². The third-order valence-electron chi connectivity index (χ3n) is 6.61. The Balaban J connectivity index is 1.57. The Morgan fingerprint density at radius 2 is 2.00 bits per heavy atom. The van der Waals surface area contributed by atoms with Gasteiger partial charge in [-0.3, -0.25) is 14.6 Å². The van der Waals surface area contributed by atoms with Crippen molar-refractivity contribution in [2.45, 2.75) is 32.5 Å². The number of piperidine rings is 1. The Morgan fingerprint density at radius 1 is 1.22 bits per heavy atom. The number of fused-ring (bicyclic) bond motifs is 3. The number of ether oxygens (including phenoxy) is 1. The standard InChI is InChI=1S/C26H23ClF2N4O4/c1-13-31-23-10-30-22-9-20(28)17(16-4-3-15(35)7-19(16)27)8-18(22)26(23)33(13)24-5-6-32(11-21(24)29)25(36)12-37-14(2)34/h3-4,7-10,21,24,35H,5-6,11-12H2,1-2H3. The van der Waals surface area contributed by atoms with Gasteiger partial charge in [-0.2, -0.15) is 0 Å². The van der Waals surface area contributed by atoms with E-state index in [4.69, 9.17) is 16.3 Å². The lowest BCUT2D eigenvalue weighted by Gasteiger charge is -2.36. The summed E-state index contributed by atoms with van der Waals surface area (Å²) in [5.74, 6) is -1.06. The van der Waals surface area contributed by atoms with Crippen LogP contribution in [0.4, 0.5) is 8.78 Å². The highest BCUT2D eigenvalue weighted by Crippen LogP contribution is 2.38. The quantitative estimate of drug-likeness (QED) is 0.385. The highest BCUT2D eigenvalue weighted by Gasteiger charge is 2.35. The minimum atomic E-state index is -1.42. The first-order valence-corrected chi connectivity index (χ1v) is 12.0. The number of nitrogens with zero attached hydrogens (tertiary/aromatic N) is 4. The van der Waals surface area contributed by atoms with Gasteiger partial charge in [0.2, 0.25) is 0 Å². The van der Waals surface area contributed by atoms with Crippen LogP contribution in [0.2, 0.25) is 5.02 Å². The lowest BCUT2D eigenvalue weighted by Crippen LogP contribution is -2.47. The van der Waals surface area contributed by atoms with Gasteiger partial charge in [-0.1, -0.05) is 11.6 Å². The zero-order valence-electron chi connectivity index (χ0n) is 20.0. The zero-order valence-corrected chi connectivity index (χ0v) is 20.8. The first-order chi connectivity index (χ1) is 17.6. The number of rotatable bonds is 4. The fourth-order valence-corrected chi connectivity index (χ4v) is 5.19. The molecular formula is C26H23ClF2N4O4. The molecule has 8 nitrogen and oxygen atoms in total. The number of aryl methyl sites for hydroxylation is 1. The van der Waals surface area contributed by atoms with Gasteiger partial charge in [0.15, 0.2) is 6.61 Å². The minimum Gasteiger partial charge on any atom is -0.508 e. The number of hydrogen-bond donors (Lipinski definition) is 1. The maximum atomic E-state index is 15.6. The molecule has 2 unspecified atom stereocenters. The molecule has 1 amide bonds. The predicted octanol–water partition coefficient (Wildman–Crippen LogP) is 4.73. The van der Waals surface area contributed by atoms with E-state index in [0.29, 0.717) is 39.7 Å². The fraction of sp³-hybridized carbons (Fsp3) is 0.308. The van der Waals surface area contributed by atoms with Crippen LogP contribution in [0.3, 0.4) is 0 Å². The average molecular weight is 529 g/mol. The van der Waals surface area contributed by atoms with Gasteiger partial charge in [-0.25, -0.2) is 13.8 Å². The van der Waals surface area contributed by atoms with Crippen molar-refractivity contribution in [1.82, 2.24) is 19.4 Å². The maximum Gasteiger partial charge on any atom is 0.303 e. The fourth-order valence-electron chi connectivity index (χ4n) is 4.91. The molecule has 0 radical (unpaired) electrons. The molecule has 0 bridgehead atoms. The van der Waals surface area contributed by atoms with Gasteiger partial charge in [0.05, 0.1) is 34.8 Å². The minimum absolute atomic E-state index is 0.0422. The van der Waals surface area contributed by atoms with Crippen LogP contribution in [0, 0.1) is 12.7 Å². The van der Waals surface area contributed by atoms with Crippen LogP contribution in [0.25, 0.3) is 33.1 Å². The van der Waals surface area contributed by atoms with E-state index in [9.17, 15) is 14.7 Å². The zero-order chi connectivity index (χ0) is 26.4. The van der Waals surface area contributed by atoms with Crippen LogP contribution in [0.5, 0.6) is 5.75 Å². The first-order valence-electron chi connectivity index (χ1n) is 11.6. The molecule has 0 aliphatic carbocycles. The first kappa shape index (κ1) is 24.9.